The van der Waals surface area contributed by atoms with Crippen LogP contribution in [0.15, 0.2) is 48.5 Å². The largest absolute Gasteiger partial charge is 0.495 e. The van der Waals surface area contributed by atoms with Crippen LogP contribution in [0.2, 0.25) is 0 Å². The molecule has 2 aromatic rings. The van der Waals surface area contributed by atoms with E-state index in [1.807, 2.05) is 6.07 Å². The van der Waals surface area contributed by atoms with Crippen molar-refractivity contribution in [1.82, 2.24) is 0 Å². The van der Waals surface area contributed by atoms with Crippen LogP contribution in [-0.2, 0) is 4.79 Å². The summed E-state index contributed by atoms with van der Waals surface area (Å²) in [6.07, 6.45) is -0.937. The molecule has 0 saturated carbocycles. The van der Waals surface area contributed by atoms with Crippen LogP contribution in [0.1, 0.15) is 24.2 Å². The molecule has 2 aromatic carbocycles. The van der Waals surface area contributed by atoms with Gasteiger partial charge < -0.3 is 19.9 Å². The van der Waals surface area contributed by atoms with Crippen LogP contribution in [-0.4, -0.2) is 30.2 Å². The first kappa shape index (κ1) is 18.3. The van der Waals surface area contributed by atoms with Gasteiger partial charge in [0, 0.05) is 11.5 Å². The average molecular weight is 343 g/mol. The third kappa shape index (κ3) is 4.73. The highest BCUT2D eigenvalue weighted by atomic mass is 16.5. The first-order chi connectivity index (χ1) is 11.9. The number of nitrogens with one attached hydrogen (secondary N) is 1. The maximum absolute atomic E-state index is 12.3. The number of carboxylic acids is 1. The Morgan fingerprint density at radius 2 is 1.68 bits per heavy atom. The first-order valence-electron chi connectivity index (χ1n) is 7.86. The lowest BCUT2D eigenvalue weighted by Crippen LogP contribution is -2.32. The summed E-state index contributed by atoms with van der Waals surface area (Å²) in [6, 6.07) is 13.4. The molecule has 6 heteroatoms. The van der Waals surface area contributed by atoms with E-state index in [9.17, 15) is 9.59 Å². The fourth-order valence-electron chi connectivity index (χ4n) is 2.25. The van der Waals surface area contributed by atoms with Crippen LogP contribution in [0.25, 0.3) is 0 Å². The van der Waals surface area contributed by atoms with E-state index in [-0.39, 0.29) is 11.8 Å². The van der Waals surface area contributed by atoms with Crippen LogP contribution in [0, 0.1) is 5.92 Å². The Morgan fingerprint density at radius 3 is 2.24 bits per heavy atom. The highest BCUT2D eigenvalue weighted by Crippen LogP contribution is 2.24. The summed E-state index contributed by atoms with van der Waals surface area (Å²) in [7, 11) is 1.53. The number of carbonyl (C=O) groups excluding carboxylic acids is 1. The number of hydrogen-bond acceptors (Lipinski definition) is 4. The van der Waals surface area contributed by atoms with E-state index >= 15 is 0 Å². The van der Waals surface area contributed by atoms with Crippen LogP contribution in [0.4, 0.5) is 5.69 Å². The number of ether oxygens (including phenoxy) is 2. The first-order valence-corrected chi connectivity index (χ1v) is 7.86. The zero-order valence-electron chi connectivity index (χ0n) is 14.4. The minimum absolute atomic E-state index is 0.175. The predicted molar refractivity (Wildman–Crippen MR) is 94.3 cm³/mol. The zero-order valence-corrected chi connectivity index (χ0v) is 14.4. The number of carboxylic acid groups (broad SMARTS) is 1. The molecule has 0 radical (unpaired) electrons. The zero-order chi connectivity index (χ0) is 18.4. The van der Waals surface area contributed by atoms with Gasteiger partial charge in [0.1, 0.15) is 11.5 Å². The second-order valence-corrected chi connectivity index (χ2v) is 5.80. The number of amides is 1. The lowest BCUT2D eigenvalue weighted by atomic mass is 10.1. The smallest absolute Gasteiger partial charge is 0.345 e. The van der Waals surface area contributed by atoms with Crippen molar-refractivity contribution in [3.05, 3.63) is 54.1 Å². The second kappa shape index (κ2) is 8.19. The topological polar surface area (TPSA) is 84.9 Å². The molecular weight excluding hydrogens is 322 g/mol. The van der Waals surface area contributed by atoms with Crippen molar-refractivity contribution in [1.29, 1.82) is 0 Å². The van der Waals surface area contributed by atoms with Crippen molar-refractivity contribution >= 4 is 17.6 Å². The molecule has 1 amide bonds. The minimum Gasteiger partial charge on any atom is -0.495 e. The highest BCUT2D eigenvalue weighted by molar-refractivity contribution is 6.05. The Kier molecular flexibility index (Phi) is 6.00. The van der Waals surface area contributed by atoms with Gasteiger partial charge in [0.05, 0.1) is 12.8 Å². The van der Waals surface area contributed by atoms with Gasteiger partial charge in [-0.15, -0.1) is 0 Å². The Balaban J connectivity index is 2.08. The van der Waals surface area contributed by atoms with Crippen LogP contribution >= 0.6 is 0 Å². The summed E-state index contributed by atoms with van der Waals surface area (Å²) in [4.78, 5) is 23.5. The third-order valence-corrected chi connectivity index (χ3v) is 3.58. The monoisotopic (exact) mass is 343 g/mol. The molecule has 132 valence electrons. The number of benzene rings is 2. The lowest BCUT2D eigenvalue weighted by molar-refractivity contribution is -0.147. The molecular formula is C19H21NO5. The van der Waals surface area contributed by atoms with Crippen molar-refractivity contribution in [2.75, 3.05) is 12.4 Å². The summed E-state index contributed by atoms with van der Waals surface area (Å²) in [5.41, 5.74) is 0.996. The molecule has 0 saturated heterocycles. The van der Waals surface area contributed by atoms with Gasteiger partial charge in [-0.1, -0.05) is 26.0 Å². The summed E-state index contributed by atoms with van der Waals surface area (Å²) in [5.74, 6) is -0.527. The molecule has 0 aliphatic rings. The van der Waals surface area contributed by atoms with Gasteiger partial charge in [-0.3, -0.25) is 4.79 Å². The van der Waals surface area contributed by atoms with E-state index in [0.29, 0.717) is 22.7 Å². The van der Waals surface area contributed by atoms with Crippen molar-refractivity contribution in [3.8, 4) is 11.5 Å². The van der Waals surface area contributed by atoms with E-state index in [0.717, 1.165) is 0 Å². The van der Waals surface area contributed by atoms with Crippen LogP contribution in [0.3, 0.4) is 0 Å². The standard InChI is InChI=1S/C19H21NO5/c1-12(2)17(19(22)23)25-14-10-8-13(9-11-14)18(21)20-15-6-4-5-7-16(15)24-3/h4-12,17H,1-3H3,(H,20,21)(H,22,23). The van der Waals surface area contributed by atoms with Gasteiger partial charge in [-0.05, 0) is 36.4 Å². The summed E-state index contributed by atoms with van der Waals surface area (Å²) in [5, 5.41) is 11.9. The van der Waals surface area contributed by atoms with E-state index in [1.54, 1.807) is 56.3 Å². The maximum Gasteiger partial charge on any atom is 0.345 e. The van der Waals surface area contributed by atoms with Crippen molar-refractivity contribution in [2.45, 2.75) is 20.0 Å². The van der Waals surface area contributed by atoms with Crippen molar-refractivity contribution < 1.29 is 24.2 Å². The molecule has 0 aliphatic heterocycles. The molecule has 0 aliphatic carbocycles. The third-order valence-electron chi connectivity index (χ3n) is 3.58. The molecule has 0 bridgehead atoms. The normalized spacial score (nSPS) is 11.7. The van der Waals surface area contributed by atoms with Crippen LogP contribution < -0.4 is 14.8 Å². The summed E-state index contributed by atoms with van der Waals surface area (Å²) in [6.45, 7) is 3.54. The number of methoxy groups -OCH3 is 1. The highest BCUT2D eigenvalue weighted by Gasteiger charge is 2.23. The molecule has 2 rings (SSSR count). The number of hydrogen-bond donors (Lipinski definition) is 2. The molecule has 25 heavy (non-hydrogen) atoms. The number of carbonyl (C=O) groups is 2. The number of anilines is 1. The van der Waals surface area contributed by atoms with Gasteiger partial charge in [0.2, 0.25) is 0 Å². The van der Waals surface area contributed by atoms with E-state index in [1.165, 1.54) is 7.11 Å². The van der Waals surface area contributed by atoms with E-state index in [4.69, 9.17) is 14.6 Å². The van der Waals surface area contributed by atoms with Crippen LogP contribution in [0.5, 0.6) is 11.5 Å². The molecule has 0 aromatic heterocycles. The Bertz CT molecular complexity index is 740. The van der Waals surface area contributed by atoms with Gasteiger partial charge in [-0.2, -0.15) is 0 Å². The lowest BCUT2D eigenvalue weighted by Gasteiger charge is -2.18. The van der Waals surface area contributed by atoms with Gasteiger partial charge in [0.15, 0.2) is 6.10 Å². The van der Waals surface area contributed by atoms with Crippen molar-refractivity contribution in [3.63, 3.8) is 0 Å². The van der Waals surface area contributed by atoms with E-state index < -0.39 is 12.1 Å². The Morgan fingerprint density at radius 1 is 1.04 bits per heavy atom. The average Bonchev–Trinajstić information content (AvgIpc) is 2.60. The molecule has 2 N–H and O–H groups in total. The summed E-state index contributed by atoms with van der Waals surface area (Å²) < 4.78 is 10.7. The minimum atomic E-state index is -1.02. The maximum atomic E-state index is 12.3. The van der Waals surface area contributed by atoms with Gasteiger partial charge >= 0.3 is 5.97 Å². The fourth-order valence-corrected chi connectivity index (χ4v) is 2.25. The molecule has 1 unspecified atom stereocenters. The number of rotatable bonds is 7. The molecule has 0 spiro atoms. The van der Waals surface area contributed by atoms with Crippen molar-refractivity contribution in [2.24, 2.45) is 5.92 Å². The molecule has 1 atom stereocenters. The van der Waals surface area contributed by atoms with E-state index in [2.05, 4.69) is 5.32 Å². The molecule has 0 fully saturated rings. The van der Waals surface area contributed by atoms with Gasteiger partial charge in [-0.25, -0.2) is 4.79 Å². The SMILES string of the molecule is COc1ccccc1NC(=O)c1ccc(OC(C(=O)O)C(C)C)cc1. The predicted octanol–water partition coefficient (Wildman–Crippen LogP) is 3.44. The summed E-state index contributed by atoms with van der Waals surface area (Å²) >= 11 is 0. The second-order valence-electron chi connectivity index (χ2n) is 5.80. The Labute approximate surface area is 146 Å². The quantitative estimate of drug-likeness (QED) is 0.804. The number of aliphatic carboxylic acids is 1. The Hall–Kier alpha value is -3.02. The van der Waals surface area contributed by atoms with Gasteiger partial charge in [0.25, 0.3) is 5.91 Å². The number of para-hydroxylation sites is 2. The molecule has 0 heterocycles. The molecule has 6 nitrogen and oxygen atoms in total. The fraction of sp³-hybridized carbons (Fsp3) is 0.263.